The number of imide groups is 1. The lowest BCUT2D eigenvalue weighted by molar-refractivity contribution is -0.137. The van der Waals surface area contributed by atoms with Gasteiger partial charge >= 0.3 is 6.09 Å². The molecule has 0 aliphatic carbocycles. The number of amides is 9. The maximum absolute atomic E-state index is 13.1. The fourth-order valence-electron chi connectivity index (χ4n) is 5.21. The highest BCUT2D eigenvalue weighted by Gasteiger charge is 2.23. The molecule has 0 aromatic heterocycles. The maximum Gasteiger partial charge on any atom is 0.409 e. The normalized spacial score (nSPS) is 12.3. The first-order valence-corrected chi connectivity index (χ1v) is 18.0. The van der Waals surface area contributed by atoms with Crippen molar-refractivity contribution in [1.29, 1.82) is 0 Å². The highest BCUT2D eigenvalue weighted by molar-refractivity contribution is 6.12. The zero-order valence-corrected chi connectivity index (χ0v) is 31.2. The van der Waals surface area contributed by atoms with Crippen molar-refractivity contribution in [3.05, 3.63) is 77.9 Å². The van der Waals surface area contributed by atoms with E-state index < -0.39 is 54.8 Å². The van der Waals surface area contributed by atoms with Gasteiger partial charge in [0, 0.05) is 57.2 Å². The minimum atomic E-state index is -1.09. The lowest BCUT2D eigenvalue weighted by Gasteiger charge is -2.19. The average Bonchev–Trinajstić information content (AvgIpc) is 3.50. The van der Waals surface area contributed by atoms with E-state index >= 15 is 0 Å². The molecule has 18 nitrogen and oxygen atoms in total. The van der Waals surface area contributed by atoms with Crippen LogP contribution < -0.4 is 32.3 Å². The first kappa shape index (κ1) is 43.8. The summed E-state index contributed by atoms with van der Waals surface area (Å²) in [6.45, 7) is -0.696. The van der Waals surface area contributed by atoms with Gasteiger partial charge in [-0.2, -0.15) is 0 Å². The summed E-state index contributed by atoms with van der Waals surface area (Å²) in [5.74, 6) is -4.01. The first-order chi connectivity index (χ1) is 26.8. The van der Waals surface area contributed by atoms with Gasteiger partial charge in [-0.3, -0.25) is 43.3 Å². The van der Waals surface area contributed by atoms with E-state index in [0.29, 0.717) is 43.5 Å². The molecule has 300 valence electrons. The Morgan fingerprint density at radius 3 is 2.04 bits per heavy atom. The number of nitrogens with two attached hydrogens (primary N) is 1. The van der Waals surface area contributed by atoms with Gasteiger partial charge in [0.05, 0.1) is 19.6 Å². The molecule has 9 amide bonds. The van der Waals surface area contributed by atoms with Crippen molar-refractivity contribution >= 4 is 59.0 Å². The number of hydrogen-bond acceptors (Lipinski definition) is 10. The van der Waals surface area contributed by atoms with Crippen LogP contribution in [0.3, 0.4) is 0 Å². The van der Waals surface area contributed by atoms with Crippen LogP contribution in [-0.4, -0.2) is 109 Å². The molecule has 0 fully saturated rings. The van der Waals surface area contributed by atoms with E-state index in [0.717, 1.165) is 10.5 Å². The van der Waals surface area contributed by atoms with Gasteiger partial charge in [0.2, 0.25) is 35.4 Å². The fraction of sp³-hybridized carbons (Fsp3) is 0.395. The van der Waals surface area contributed by atoms with E-state index in [1.165, 1.54) is 17.1 Å². The maximum atomic E-state index is 13.1. The topological polar surface area (TPSA) is 256 Å². The minimum absolute atomic E-state index is 0.0197. The number of ether oxygens (including phenoxy) is 1. The highest BCUT2D eigenvalue weighted by Crippen LogP contribution is 2.12. The second-order valence-electron chi connectivity index (χ2n) is 12.8. The third-order valence-corrected chi connectivity index (χ3v) is 8.26. The monoisotopic (exact) mass is 776 g/mol. The highest BCUT2D eigenvalue weighted by atomic mass is 16.6. The molecule has 56 heavy (non-hydrogen) atoms. The summed E-state index contributed by atoms with van der Waals surface area (Å²) in [7, 11) is 1.55. The molecule has 0 saturated heterocycles. The van der Waals surface area contributed by atoms with E-state index in [1.54, 1.807) is 61.6 Å². The number of carbonyl (C=O) groups is 9. The number of anilines is 1. The predicted octanol–water partition coefficient (Wildman–Crippen LogP) is 0.0205. The molecule has 2 aromatic rings. The second-order valence-corrected chi connectivity index (χ2v) is 12.8. The molecule has 0 radical (unpaired) electrons. The van der Waals surface area contributed by atoms with Gasteiger partial charge in [0.15, 0.2) is 0 Å². The van der Waals surface area contributed by atoms with Crippen molar-refractivity contribution in [3.8, 4) is 0 Å². The molecule has 1 heterocycles. The molecule has 18 heteroatoms. The Bertz CT molecular complexity index is 1730. The summed E-state index contributed by atoms with van der Waals surface area (Å²) < 4.78 is 5.26. The van der Waals surface area contributed by atoms with Crippen LogP contribution in [0.4, 0.5) is 10.5 Å². The molecule has 0 spiro atoms. The molecule has 1 aliphatic rings. The van der Waals surface area contributed by atoms with Crippen molar-refractivity contribution in [2.75, 3.05) is 45.1 Å². The largest absolute Gasteiger partial charge is 0.445 e. The minimum Gasteiger partial charge on any atom is -0.445 e. The van der Waals surface area contributed by atoms with Crippen molar-refractivity contribution in [1.82, 2.24) is 31.1 Å². The van der Waals surface area contributed by atoms with Crippen LogP contribution in [0, 0.1) is 0 Å². The van der Waals surface area contributed by atoms with Crippen LogP contribution in [0.25, 0.3) is 0 Å². The third-order valence-electron chi connectivity index (χ3n) is 8.26. The smallest absolute Gasteiger partial charge is 0.409 e. The molecule has 7 N–H and O–H groups in total. The molecule has 3 rings (SSSR count). The van der Waals surface area contributed by atoms with Gasteiger partial charge in [0.25, 0.3) is 11.8 Å². The number of rotatable bonds is 23. The number of unbranched alkanes of at least 4 members (excludes halogenated alkanes) is 2. The Hall–Kier alpha value is -6.59. The summed E-state index contributed by atoms with van der Waals surface area (Å²) in [6, 6.07) is 14.3. The Balaban J connectivity index is 1.37. The molecule has 0 unspecified atom stereocenters. The van der Waals surface area contributed by atoms with Crippen LogP contribution in [0.1, 0.15) is 49.7 Å². The number of carbonyl (C=O) groups excluding carboxylic acids is 9. The first-order valence-electron chi connectivity index (χ1n) is 18.0. The quantitative estimate of drug-likeness (QED) is 0.0652. The SMILES string of the molecule is CN(CCCC(N)=O)C(=O)OCc1ccc(NC(=O)CNC(=O)[C@H](Cc2ccccc2)NC(=O)CNC(=O)CNC(=O)CCCCCN2C(=O)C=CC2=O)cc1. The van der Waals surface area contributed by atoms with Gasteiger partial charge in [-0.1, -0.05) is 48.9 Å². The zero-order valence-electron chi connectivity index (χ0n) is 31.2. The van der Waals surface area contributed by atoms with E-state index in [-0.39, 0.29) is 56.7 Å². The third kappa shape index (κ3) is 16.6. The predicted molar refractivity (Wildman–Crippen MR) is 202 cm³/mol. The summed E-state index contributed by atoms with van der Waals surface area (Å²) in [6.07, 6.45) is 4.29. The molecular formula is C38H48N8O10. The van der Waals surface area contributed by atoms with Gasteiger partial charge < -0.3 is 42.0 Å². The molecule has 1 aliphatic heterocycles. The Kier molecular flexibility index (Phi) is 18.2. The van der Waals surface area contributed by atoms with E-state index in [2.05, 4.69) is 26.6 Å². The molecular weight excluding hydrogens is 728 g/mol. The summed E-state index contributed by atoms with van der Waals surface area (Å²) >= 11 is 0. The van der Waals surface area contributed by atoms with Gasteiger partial charge in [-0.05, 0) is 42.5 Å². The summed E-state index contributed by atoms with van der Waals surface area (Å²) in [5.41, 5.74) is 6.93. The number of primary amides is 1. The fourth-order valence-corrected chi connectivity index (χ4v) is 5.21. The number of benzene rings is 2. The Morgan fingerprint density at radius 1 is 0.714 bits per heavy atom. The lowest BCUT2D eigenvalue weighted by atomic mass is 10.1. The standard InChI is InChI=1S/C38H48N8O10/c1-45(19-8-11-30(39)47)38(55)56-25-27-13-15-28(16-14-27)43-33(50)24-42-37(54)29(21-26-9-4-2-5-10-26)44-34(51)23-41-32(49)22-40-31(48)12-6-3-7-20-46-35(52)17-18-36(46)53/h2,4-5,9-10,13-18,29H,3,6-8,11-12,19-25H2,1H3,(H2,39,47)(H,40,48)(H,41,49)(H,42,54)(H,43,50)(H,44,51)/t29-/m0/s1. The van der Waals surface area contributed by atoms with Gasteiger partial charge in [0.1, 0.15) is 12.6 Å². The zero-order chi connectivity index (χ0) is 40.9. The second kappa shape index (κ2) is 23.3. The number of nitrogens with zero attached hydrogens (tertiary/aromatic N) is 2. The van der Waals surface area contributed by atoms with Crippen molar-refractivity contribution in [2.45, 2.75) is 57.6 Å². The van der Waals surface area contributed by atoms with Crippen LogP contribution in [0.5, 0.6) is 0 Å². The van der Waals surface area contributed by atoms with Crippen LogP contribution in [-0.2, 0) is 56.1 Å². The Morgan fingerprint density at radius 2 is 1.36 bits per heavy atom. The molecule has 1 atom stereocenters. The van der Waals surface area contributed by atoms with Crippen LogP contribution in [0.15, 0.2) is 66.7 Å². The molecule has 0 saturated carbocycles. The van der Waals surface area contributed by atoms with E-state index in [1.807, 2.05) is 0 Å². The summed E-state index contributed by atoms with van der Waals surface area (Å²) in [5, 5.41) is 12.6. The molecule has 0 bridgehead atoms. The van der Waals surface area contributed by atoms with Crippen molar-refractivity contribution < 1.29 is 47.9 Å². The van der Waals surface area contributed by atoms with Crippen molar-refractivity contribution in [3.63, 3.8) is 0 Å². The van der Waals surface area contributed by atoms with Gasteiger partial charge in [-0.25, -0.2) is 4.79 Å². The number of nitrogens with one attached hydrogen (secondary N) is 5. The molecule has 2 aromatic carbocycles. The Labute approximate surface area is 323 Å². The van der Waals surface area contributed by atoms with E-state index in [4.69, 9.17) is 10.5 Å². The van der Waals surface area contributed by atoms with Crippen LogP contribution >= 0.6 is 0 Å². The lowest BCUT2D eigenvalue weighted by Crippen LogP contribution is -2.52. The summed E-state index contributed by atoms with van der Waals surface area (Å²) in [4.78, 5) is 112. The number of hydrogen-bond donors (Lipinski definition) is 6. The van der Waals surface area contributed by atoms with Crippen LogP contribution in [0.2, 0.25) is 0 Å². The van der Waals surface area contributed by atoms with Gasteiger partial charge in [-0.15, -0.1) is 0 Å². The van der Waals surface area contributed by atoms with E-state index in [9.17, 15) is 43.2 Å². The average molecular weight is 777 g/mol. The van der Waals surface area contributed by atoms with Crippen molar-refractivity contribution in [2.24, 2.45) is 5.73 Å².